The van der Waals surface area contributed by atoms with E-state index in [1.165, 1.54) is 0 Å². The lowest BCUT2D eigenvalue weighted by Gasteiger charge is -2.14. The van der Waals surface area contributed by atoms with Crippen molar-refractivity contribution >= 4 is 32.7 Å². The average Bonchev–Trinajstić information content (AvgIpc) is 2.84. The largest absolute Gasteiger partial charge is 0.367 e. The predicted octanol–water partition coefficient (Wildman–Crippen LogP) is 3.47. The second-order valence-electron chi connectivity index (χ2n) is 5.18. The Labute approximate surface area is 131 Å². The molecule has 6 heteroatoms. The maximum Gasteiger partial charge on any atom is 0.137 e. The molecule has 0 aliphatic carbocycles. The summed E-state index contributed by atoms with van der Waals surface area (Å²) in [4.78, 5) is 8.65. The quantitative estimate of drug-likeness (QED) is 0.759. The molecule has 1 unspecified atom stereocenters. The third-order valence-corrected chi connectivity index (χ3v) is 3.75. The first kappa shape index (κ1) is 14.0. The summed E-state index contributed by atoms with van der Waals surface area (Å²) in [5.41, 5.74) is 3.05. The summed E-state index contributed by atoms with van der Waals surface area (Å²) in [5.74, 6) is 0.848. The SMILES string of the molecule is Cc1cc(CC(C)Nc2ncnc3ccc(Br)cc23)n[nH]1. The van der Waals surface area contributed by atoms with E-state index in [4.69, 9.17) is 0 Å². The van der Waals surface area contributed by atoms with Crippen LogP contribution in [-0.4, -0.2) is 26.2 Å². The van der Waals surface area contributed by atoms with Crippen LogP contribution in [0.15, 0.2) is 35.1 Å². The fourth-order valence-electron chi connectivity index (χ4n) is 2.32. The molecule has 2 N–H and O–H groups in total. The molecule has 0 aliphatic heterocycles. The molecule has 2 aromatic heterocycles. The van der Waals surface area contributed by atoms with Crippen molar-refractivity contribution in [3.8, 4) is 0 Å². The lowest BCUT2D eigenvalue weighted by Crippen LogP contribution is -2.19. The van der Waals surface area contributed by atoms with Crippen LogP contribution in [-0.2, 0) is 6.42 Å². The van der Waals surface area contributed by atoms with E-state index in [-0.39, 0.29) is 6.04 Å². The standard InChI is InChI=1S/C15H16BrN5/c1-9(5-12-6-10(2)20-21-12)19-15-13-7-11(16)3-4-14(13)17-8-18-15/h3-4,6-9H,5H2,1-2H3,(H,20,21)(H,17,18,19). The van der Waals surface area contributed by atoms with E-state index in [9.17, 15) is 0 Å². The maximum atomic E-state index is 4.36. The van der Waals surface area contributed by atoms with Gasteiger partial charge in [0.15, 0.2) is 0 Å². The summed E-state index contributed by atoms with van der Waals surface area (Å²) in [6.45, 7) is 4.12. The Kier molecular flexibility index (Phi) is 3.88. The van der Waals surface area contributed by atoms with Gasteiger partial charge in [-0.25, -0.2) is 9.97 Å². The highest BCUT2D eigenvalue weighted by molar-refractivity contribution is 9.10. The van der Waals surface area contributed by atoms with Crippen LogP contribution in [0, 0.1) is 6.92 Å². The molecule has 0 saturated heterocycles. The zero-order valence-electron chi connectivity index (χ0n) is 11.9. The minimum Gasteiger partial charge on any atom is -0.367 e. The number of hydrogen-bond acceptors (Lipinski definition) is 4. The molecule has 1 aromatic carbocycles. The zero-order valence-corrected chi connectivity index (χ0v) is 13.5. The molecule has 1 atom stereocenters. The van der Waals surface area contributed by atoms with Gasteiger partial charge in [-0.2, -0.15) is 5.10 Å². The number of hydrogen-bond donors (Lipinski definition) is 2. The Morgan fingerprint density at radius 3 is 2.90 bits per heavy atom. The van der Waals surface area contributed by atoms with Crippen molar-refractivity contribution in [1.82, 2.24) is 20.2 Å². The fourth-order valence-corrected chi connectivity index (χ4v) is 2.68. The van der Waals surface area contributed by atoms with Crippen LogP contribution >= 0.6 is 15.9 Å². The van der Waals surface area contributed by atoms with Gasteiger partial charge in [-0.15, -0.1) is 0 Å². The van der Waals surface area contributed by atoms with Crippen LogP contribution in [0.5, 0.6) is 0 Å². The third-order valence-electron chi connectivity index (χ3n) is 3.25. The van der Waals surface area contributed by atoms with E-state index in [1.54, 1.807) is 6.33 Å². The number of fused-ring (bicyclic) bond motifs is 1. The summed E-state index contributed by atoms with van der Waals surface area (Å²) >= 11 is 3.49. The van der Waals surface area contributed by atoms with Crippen LogP contribution in [0.3, 0.4) is 0 Å². The van der Waals surface area contributed by atoms with E-state index >= 15 is 0 Å². The first-order valence-electron chi connectivity index (χ1n) is 6.79. The van der Waals surface area contributed by atoms with Crippen LogP contribution < -0.4 is 5.32 Å². The van der Waals surface area contributed by atoms with Crippen LogP contribution in [0.4, 0.5) is 5.82 Å². The molecule has 108 valence electrons. The van der Waals surface area contributed by atoms with Crippen molar-refractivity contribution in [2.24, 2.45) is 0 Å². The highest BCUT2D eigenvalue weighted by atomic mass is 79.9. The second-order valence-corrected chi connectivity index (χ2v) is 6.09. The molecule has 3 aromatic rings. The van der Waals surface area contributed by atoms with Crippen molar-refractivity contribution in [3.05, 3.63) is 46.5 Å². The number of anilines is 1. The topological polar surface area (TPSA) is 66.5 Å². The molecule has 3 rings (SSSR count). The summed E-state index contributed by atoms with van der Waals surface area (Å²) in [6, 6.07) is 8.28. The second kappa shape index (κ2) is 5.81. The van der Waals surface area contributed by atoms with Gasteiger partial charge in [0, 0.05) is 28.0 Å². The monoisotopic (exact) mass is 345 g/mol. The van der Waals surface area contributed by atoms with Gasteiger partial charge in [0.1, 0.15) is 12.1 Å². The minimum atomic E-state index is 0.227. The molecular formula is C15H16BrN5. The van der Waals surface area contributed by atoms with Crippen molar-refractivity contribution in [1.29, 1.82) is 0 Å². The van der Waals surface area contributed by atoms with Gasteiger partial charge in [0.05, 0.1) is 11.2 Å². The van der Waals surface area contributed by atoms with E-state index < -0.39 is 0 Å². The number of H-pyrrole nitrogens is 1. The van der Waals surface area contributed by atoms with Crippen LogP contribution in [0.2, 0.25) is 0 Å². The van der Waals surface area contributed by atoms with E-state index in [2.05, 4.69) is 54.4 Å². The zero-order chi connectivity index (χ0) is 14.8. The van der Waals surface area contributed by atoms with E-state index in [0.717, 1.165) is 39.0 Å². The van der Waals surface area contributed by atoms with Gasteiger partial charge < -0.3 is 5.32 Å². The molecular weight excluding hydrogens is 330 g/mol. The Morgan fingerprint density at radius 1 is 1.29 bits per heavy atom. The average molecular weight is 346 g/mol. The highest BCUT2D eigenvalue weighted by Crippen LogP contribution is 2.24. The molecule has 0 spiro atoms. The highest BCUT2D eigenvalue weighted by Gasteiger charge is 2.10. The number of halogens is 1. The van der Waals surface area contributed by atoms with Gasteiger partial charge in [-0.1, -0.05) is 15.9 Å². The smallest absolute Gasteiger partial charge is 0.137 e. The molecule has 0 radical (unpaired) electrons. The number of aromatic amines is 1. The van der Waals surface area contributed by atoms with Crippen molar-refractivity contribution in [3.63, 3.8) is 0 Å². The van der Waals surface area contributed by atoms with Crippen molar-refractivity contribution < 1.29 is 0 Å². The number of aryl methyl sites for hydroxylation is 1. The number of rotatable bonds is 4. The van der Waals surface area contributed by atoms with Gasteiger partial charge >= 0.3 is 0 Å². The fraction of sp³-hybridized carbons (Fsp3) is 0.267. The van der Waals surface area contributed by atoms with E-state index in [0.29, 0.717) is 0 Å². The van der Waals surface area contributed by atoms with Crippen molar-refractivity contribution in [2.45, 2.75) is 26.3 Å². The van der Waals surface area contributed by atoms with Gasteiger partial charge in [-0.3, -0.25) is 5.10 Å². The lowest BCUT2D eigenvalue weighted by molar-refractivity contribution is 0.761. The number of nitrogens with one attached hydrogen (secondary N) is 2. The first-order valence-corrected chi connectivity index (χ1v) is 7.59. The van der Waals surface area contributed by atoms with E-state index in [1.807, 2.05) is 25.1 Å². The molecule has 2 heterocycles. The number of aromatic nitrogens is 4. The maximum absolute atomic E-state index is 4.36. The molecule has 5 nitrogen and oxygen atoms in total. The summed E-state index contributed by atoms with van der Waals surface area (Å²) < 4.78 is 1.02. The Balaban J connectivity index is 1.82. The first-order chi connectivity index (χ1) is 10.1. The summed E-state index contributed by atoms with van der Waals surface area (Å²) in [6.07, 6.45) is 2.42. The number of benzene rings is 1. The van der Waals surface area contributed by atoms with Gasteiger partial charge in [0.2, 0.25) is 0 Å². The molecule has 0 aliphatic rings. The lowest BCUT2D eigenvalue weighted by atomic mass is 10.1. The minimum absolute atomic E-state index is 0.227. The van der Waals surface area contributed by atoms with Gasteiger partial charge in [-0.05, 0) is 38.1 Å². The Hall–Kier alpha value is -1.95. The molecule has 0 bridgehead atoms. The molecule has 21 heavy (non-hydrogen) atoms. The molecule has 0 saturated carbocycles. The van der Waals surface area contributed by atoms with Crippen LogP contribution in [0.25, 0.3) is 10.9 Å². The Morgan fingerprint density at radius 2 is 2.14 bits per heavy atom. The number of nitrogens with zero attached hydrogens (tertiary/aromatic N) is 3. The Bertz CT molecular complexity index is 768. The molecule has 0 fully saturated rings. The predicted molar refractivity (Wildman–Crippen MR) is 87.4 cm³/mol. The van der Waals surface area contributed by atoms with Gasteiger partial charge in [0.25, 0.3) is 0 Å². The molecule has 0 amide bonds. The normalized spacial score (nSPS) is 12.5. The third kappa shape index (κ3) is 3.21. The summed E-state index contributed by atoms with van der Waals surface area (Å²) in [5, 5.41) is 11.7. The van der Waals surface area contributed by atoms with Crippen LogP contribution in [0.1, 0.15) is 18.3 Å². The van der Waals surface area contributed by atoms with Crippen molar-refractivity contribution in [2.75, 3.05) is 5.32 Å². The summed E-state index contributed by atoms with van der Waals surface area (Å²) in [7, 11) is 0.